The third-order valence-corrected chi connectivity index (χ3v) is 4.12. The van der Waals surface area contributed by atoms with Crippen LogP contribution in [0.25, 0.3) is 0 Å². The van der Waals surface area contributed by atoms with Gasteiger partial charge in [-0.15, -0.1) is 0 Å². The van der Waals surface area contributed by atoms with Crippen LogP contribution in [0, 0.1) is 11.8 Å². The number of nitrogens with zero attached hydrogens (tertiary/aromatic N) is 1. The highest BCUT2D eigenvalue weighted by Gasteiger charge is 2.33. The SMILES string of the molecule is CC(C(=O)N1CCCOc2ccccc21)C1CNC1. The van der Waals surface area contributed by atoms with Crippen LogP contribution in [0.1, 0.15) is 13.3 Å². The van der Waals surface area contributed by atoms with Gasteiger partial charge in [0.15, 0.2) is 0 Å². The van der Waals surface area contributed by atoms with Gasteiger partial charge in [-0.2, -0.15) is 0 Å². The van der Waals surface area contributed by atoms with Gasteiger partial charge in [0, 0.05) is 12.5 Å². The normalized spacial score (nSPS) is 20.8. The van der Waals surface area contributed by atoms with E-state index in [9.17, 15) is 4.79 Å². The molecular weight excluding hydrogens is 240 g/mol. The molecule has 0 spiro atoms. The molecule has 1 aromatic carbocycles. The van der Waals surface area contributed by atoms with E-state index in [-0.39, 0.29) is 11.8 Å². The molecule has 2 aliphatic heterocycles. The minimum atomic E-state index is 0.0763. The highest BCUT2D eigenvalue weighted by Crippen LogP contribution is 2.32. The first-order chi connectivity index (χ1) is 9.27. The molecule has 0 saturated carbocycles. The molecule has 0 aliphatic carbocycles. The minimum Gasteiger partial charge on any atom is -0.491 e. The molecule has 102 valence electrons. The molecule has 1 unspecified atom stereocenters. The van der Waals surface area contributed by atoms with E-state index in [4.69, 9.17) is 4.74 Å². The summed E-state index contributed by atoms with van der Waals surface area (Å²) in [6, 6.07) is 7.83. The van der Waals surface area contributed by atoms with Crippen molar-refractivity contribution in [1.29, 1.82) is 0 Å². The molecule has 19 heavy (non-hydrogen) atoms. The topological polar surface area (TPSA) is 41.6 Å². The first-order valence-electron chi connectivity index (χ1n) is 7.01. The molecule has 1 amide bonds. The molecule has 4 nitrogen and oxygen atoms in total. The predicted molar refractivity (Wildman–Crippen MR) is 74.4 cm³/mol. The number of benzene rings is 1. The van der Waals surface area contributed by atoms with Crippen LogP contribution in [0.5, 0.6) is 5.75 Å². The van der Waals surface area contributed by atoms with Crippen LogP contribution in [0.2, 0.25) is 0 Å². The van der Waals surface area contributed by atoms with Crippen LogP contribution in [0.3, 0.4) is 0 Å². The van der Waals surface area contributed by atoms with Crippen molar-refractivity contribution in [2.75, 3.05) is 31.1 Å². The molecule has 2 aliphatic rings. The van der Waals surface area contributed by atoms with Crippen LogP contribution in [0.4, 0.5) is 5.69 Å². The van der Waals surface area contributed by atoms with Gasteiger partial charge in [-0.3, -0.25) is 4.79 Å². The fourth-order valence-electron chi connectivity index (χ4n) is 2.67. The third-order valence-electron chi connectivity index (χ3n) is 4.12. The highest BCUT2D eigenvalue weighted by molar-refractivity contribution is 5.96. The maximum Gasteiger partial charge on any atom is 0.230 e. The van der Waals surface area contributed by atoms with Crippen molar-refractivity contribution < 1.29 is 9.53 Å². The quantitative estimate of drug-likeness (QED) is 0.879. The summed E-state index contributed by atoms with van der Waals surface area (Å²) < 4.78 is 5.70. The summed E-state index contributed by atoms with van der Waals surface area (Å²) in [4.78, 5) is 14.6. The molecule has 0 bridgehead atoms. The van der Waals surface area contributed by atoms with E-state index in [0.29, 0.717) is 12.5 Å². The Bertz CT molecular complexity index is 471. The average molecular weight is 260 g/mol. The Morgan fingerprint density at radius 2 is 2.21 bits per heavy atom. The van der Waals surface area contributed by atoms with Gasteiger partial charge >= 0.3 is 0 Å². The van der Waals surface area contributed by atoms with E-state index < -0.39 is 0 Å². The molecule has 1 N–H and O–H groups in total. The van der Waals surface area contributed by atoms with Crippen molar-refractivity contribution >= 4 is 11.6 Å². The molecule has 1 atom stereocenters. The first-order valence-corrected chi connectivity index (χ1v) is 7.01. The zero-order valence-corrected chi connectivity index (χ0v) is 11.3. The molecule has 1 saturated heterocycles. The number of carbonyl (C=O) groups is 1. The Balaban J connectivity index is 1.84. The summed E-state index contributed by atoms with van der Waals surface area (Å²) in [6.07, 6.45) is 0.885. The van der Waals surface area contributed by atoms with E-state index >= 15 is 0 Å². The monoisotopic (exact) mass is 260 g/mol. The molecular formula is C15H20N2O2. The van der Waals surface area contributed by atoms with E-state index in [1.165, 1.54) is 0 Å². The number of rotatable bonds is 2. The predicted octanol–water partition coefficient (Wildman–Crippen LogP) is 1.66. The number of nitrogens with one attached hydrogen (secondary N) is 1. The van der Waals surface area contributed by atoms with Crippen LogP contribution in [-0.2, 0) is 4.79 Å². The Kier molecular flexibility index (Phi) is 3.42. The minimum absolute atomic E-state index is 0.0763. The van der Waals surface area contributed by atoms with Gasteiger partial charge in [0.2, 0.25) is 5.91 Å². The van der Waals surface area contributed by atoms with Gasteiger partial charge in [-0.1, -0.05) is 19.1 Å². The van der Waals surface area contributed by atoms with E-state index in [0.717, 1.165) is 37.5 Å². The standard InChI is InChI=1S/C15H20N2O2/c1-11(12-9-16-10-12)15(18)17-7-4-8-19-14-6-3-2-5-13(14)17/h2-3,5-6,11-12,16H,4,7-10H2,1H3. The van der Waals surface area contributed by atoms with E-state index in [2.05, 4.69) is 5.32 Å². The lowest BCUT2D eigenvalue weighted by Gasteiger charge is -2.34. The Morgan fingerprint density at radius 3 is 2.95 bits per heavy atom. The van der Waals surface area contributed by atoms with E-state index in [1.807, 2.05) is 36.1 Å². The number of fused-ring (bicyclic) bond motifs is 1. The lowest BCUT2D eigenvalue weighted by atomic mass is 9.87. The van der Waals surface area contributed by atoms with Crippen molar-refractivity contribution in [2.45, 2.75) is 13.3 Å². The zero-order valence-electron chi connectivity index (χ0n) is 11.3. The fourth-order valence-corrected chi connectivity index (χ4v) is 2.67. The number of para-hydroxylation sites is 2. The molecule has 0 aromatic heterocycles. The fraction of sp³-hybridized carbons (Fsp3) is 0.533. The molecule has 4 heteroatoms. The summed E-state index contributed by atoms with van der Waals surface area (Å²) in [5, 5.41) is 3.24. The largest absolute Gasteiger partial charge is 0.491 e. The smallest absolute Gasteiger partial charge is 0.230 e. The number of amides is 1. The molecule has 1 aromatic rings. The highest BCUT2D eigenvalue weighted by atomic mass is 16.5. The zero-order chi connectivity index (χ0) is 13.2. The van der Waals surface area contributed by atoms with Crippen molar-refractivity contribution in [3.8, 4) is 5.75 Å². The summed E-state index contributed by atoms with van der Waals surface area (Å²) in [7, 11) is 0. The van der Waals surface area contributed by atoms with Gasteiger partial charge < -0.3 is 15.0 Å². The third kappa shape index (κ3) is 2.32. The number of hydrogen-bond donors (Lipinski definition) is 1. The van der Waals surface area contributed by atoms with Crippen molar-refractivity contribution in [1.82, 2.24) is 5.32 Å². The number of carbonyl (C=O) groups excluding carboxylic acids is 1. The van der Waals surface area contributed by atoms with Gasteiger partial charge in [0.25, 0.3) is 0 Å². The summed E-state index contributed by atoms with van der Waals surface area (Å²) in [5.74, 6) is 1.60. The average Bonchev–Trinajstić information content (AvgIpc) is 2.58. The Labute approximate surface area is 113 Å². The first kappa shape index (κ1) is 12.5. The maximum absolute atomic E-state index is 12.7. The maximum atomic E-state index is 12.7. The van der Waals surface area contributed by atoms with Crippen LogP contribution >= 0.6 is 0 Å². The lowest BCUT2D eigenvalue weighted by molar-refractivity contribution is -0.124. The van der Waals surface area contributed by atoms with Crippen LogP contribution < -0.4 is 15.0 Å². The van der Waals surface area contributed by atoms with Gasteiger partial charge in [0.05, 0.1) is 12.3 Å². The number of hydrogen-bond acceptors (Lipinski definition) is 3. The summed E-state index contributed by atoms with van der Waals surface area (Å²) in [5.41, 5.74) is 0.920. The molecule has 1 fully saturated rings. The van der Waals surface area contributed by atoms with Gasteiger partial charge in [-0.25, -0.2) is 0 Å². The number of ether oxygens (including phenoxy) is 1. The van der Waals surface area contributed by atoms with Crippen molar-refractivity contribution in [3.63, 3.8) is 0 Å². The Hall–Kier alpha value is -1.55. The molecule has 3 rings (SSSR count). The van der Waals surface area contributed by atoms with E-state index in [1.54, 1.807) is 0 Å². The van der Waals surface area contributed by atoms with Crippen LogP contribution in [0.15, 0.2) is 24.3 Å². The van der Waals surface area contributed by atoms with Crippen molar-refractivity contribution in [2.24, 2.45) is 11.8 Å². The van der Waals surface area contributed by atoms with Crippen LogP contribution in [-0.4, -0.2) is 32.1 Å². The molecule has 0 radical (unpaired) electrons. The number of anilines is 1. The summed E-state index contributed by atoms with van der Waals surface area (Å²) in [6.45, 7) is 5.39. The summed E-state index contributed by atoms with van der Waals surface area (Å²) >= 11 is 0. The van der Waals surface area contributed by atoms with Gasteiger partial charge in [-0.05, 0) is 37.6 Å². The second-order valence-corrected chi connectivity index (χ2v) is 5.37. The van der Waals surface area contributed by atoms with Gasteiger partial charge in [0.1, 0.15) is 5.75 Å². The lowest BCUT2D eigenvalue weighted by Crippen LogP contribution is -2.50. The Morgan fingerprint density at radius 1 is 1.42 bits per heavy atom. The second kappa shape index (κ2) is 5.21. The second-order valence-electron chi connectivity index (χ2n) is 5.37. The molecule has 2 heterocycles. The van der Waals surface area contributed by atoms with Crippen molar-refractivity contribution in [3.05, 3.63) is 24.3 Å².